The van der Waals surface area contributed by atoms with E-state index in [0.29, 0.717) is 37.3 Å². The smallest absolute Gasteiger partial charge is 0.214 e. The third-order valence-corrected chi connectivity index (χ3v) is 6.58. The van der Waals surface area contributed by atoms with Crippen LogP contribution in [-0.4, -0.2) is 41.5 Å². The van der Waals surface area contributed by atoms with E-state index in [-0.39, 0.29) is 11.2 Å². The van der Waals surface area contributed by atoms with Gasteiger partial charge in [0.05, 0.1) is 10.7 Å². The minimum Gasteiger partial charge on any atom is -0.393 e. The predicted octanol–water partition coefficient (Wildman–Crippen LogP) is 1.34. The van der Waals surface area contributed by atoms with E-state index >= 15 is 0 Å². The van der Waals surface area contributed by atoms with Crippen LogP contribution in [0.1, 0.15) is 25.3 Å². The molecule has 0 aromatic carbocycles. The van der Waals surface area contributed by atoms with Gasteiger partial charge in [-0.2, -0.15) is 0 Å². The summed E-state index contributed by atoms with van der Waals surface area (Å²) in [6.45, 7) is 3.00. The molecule has 0 amide bonds. The Labute approximate surface area is 131 Å². The third kappa shape index (κ3) is 3.99. The van der Waals surface area contributed by atoms with Gasteiger partial charge in [0.15, 0.2) is 0 Å². The molecule has 1 fully saturated rings. The van der Waals surface area contributed by atoms with Crippen LogP contribution >= 0.6 is 12.2 Å². The molecule has 0 radical (unpaired) electrons. The van der Waals surface area contributed by atoms with E-state index in [1.54, 1.807) is 16.7 Å². The first kappa shape index (κ1) is 16.3. The molecular formula is C14H21N3O2S2. The predicted molar refractivity (Wildman–Crippen MR) is 87.4 cm³/mol. The van der Waals surface area contributed by atoms with Gasteiger partial charge in [-0.1, -0.05) is 19.1 Å². The fourth-order valence-electron chi connectivity index (χ4n) is 2.43. The highest BCUT2D eigenvalue weighted by Crippen LogP contribution is 2.32. The van der Waals surface area contributed by atoms with Gasteiger partial charge >= 0.3 is 0 Å². The molecule has 1 aromatic heterocycles. The quantitative estimate of drug-likeness (QED) is 0.826. The van der Waals surface area contributed by atoms with Crippen molar-refractivity contribution in [3.05, 3.63) is 30.1 Å². The molecule has 0 aliphatic carbocycles. The van der Waals surface area contributed by atoms with E-state index in [2.05, 4.69) is 4.98 Å². The van der Waals surface area contributed by atoms with Crippen molar-refractivity contribution < 1.29 is 8.42 Å². The number of hydrogen-bond acceptors (Lipinski definition) is 4. The van der Waals surface area contributed by atoms with E-state index in [0.717, 1.165) is 5.56 Å². The second-order valence-corrected chi connectivity index (χ2v) is 8.27. The number of nitrogens with two attached hydrogens (primary N) is 1. The first-order valence-electron chi connectivity index (χ1n) is 7.00. The lowest BCUT2D eigenvalue weighted by molar-refractivity contribution is 0.244. The lowest BCUT2D eigenvalue weighted by Crippen LogP contribution is -2.47. The third-order valence-electron chi connectivity index (χ3n) is 4.21. The van der Waals surface area contributed by atoms with Crippen LogP contribution in [0.2, 0.25) is 0 Å². The average Bonchev–Trinajstić information content (AvgIpc) is 2.47. The maximum absolute atomic E-state index is 12.4. The second-order valence-electron chi connectivity index (χ2n) is 5.75. The van der Waals surface area contributed by atoms with Crippen LogP contribution in [0.5, 0.6) is 0 Å². The van der Waals surface area contributed by atoms with Crippen molar-refractivity contribution in [1.29, 1.82) is 0 Å². The zero-order valence-electron chi connectivity index (χ0n) is 12.2. The molecule has 1 saturated heterocycles. The zero-order valence-corrected chi connectivity index (χ0v) is 13.8. The zero-order chi connectivity index (χ0) is 15.5. The van der Waals surface area contributed by atoms with Gasteiger partial charge in [-0.15, -0.1) is 0 Å². The van der Waals surface area contributed by atoms with E-state index in [1.807, 2.05) is 19.1 Å². The molecule has 2 N–H and O–H groups in total. The largest absolute Gasteiger partial charge is 0.393 e. The lowest BCUT2D eigenvalue weighted by Gasteiger charge is -2.38. The minimum absolute atomic E-state index is 0.126. The van der Waals surface area contributed by atoms with E-state index in [1.165, 1.54) is 0 Å². The lowest BCUT2D eigenvalue weighted by atomic mass is 9.81. The summed E-state index contributed by atoms with van der Waals surface area (Å²) >= 11 is 5.08. The molecule has 7 heteroatoms. The molecule has 1 aliphatic heterocycles. The number of aryl methyl sites for hydroxylation is 1. The van der Waals surface area contributed by atoms with Gasteiger partial charge in [0, 0.05) is 30.9 Å². The minimum atomic E-state index is -3.23. The van der Waals surface area contributed by atoms with Gasteiger partial charge in [-0.3, -0.25) is 4.98 Å². The van der Waals surface area contributed by atoms with Gasteiger partial charge in [0.25, 0.3) is 0 Å². The van der Waals surface area contributed by atoms with Crippen LogP contribution in [0.3, 0.4) is 0 Å². The van der Waals surface area contributed by atoms with Crippen molar-refractivity contribution in [2.75, 3.05) is 18.8 Å². The summed E-state index contributed by atoms with van der Waals surface area (Å²) in [6.07, 6.45) is 5.24. The number of aromatic nitrogens is 1. The number of rotatable bonds is 5. The van der Waals surface area contributed by atoms with E-state index in [4.69, 9.17) is 18.0 Å². The highest BCUT2D eigenvalue weighted by atomic mass is 32.2. The molecule has 0 bridgehead atoms. The molecule has 0 saturated carbocycles. The number of nitrogens with zero attached hydrogens (tertiary/aromatic N) is 2. The molecule has 0 unspecified atom stereocenters. The Morgan fingerprint density at radius 1 is 1.38 bits per heavy atom. The van der Waals surface area contributed by atoms with Gasteiger partial charge in [-0.05, 0) is 37.0 Å². The Morgan fingerprint density at radius 3 is 2.48 bits per heavy atom. The normalized spacial score (nSPS) is 19.3. The maximum Gasteiger partial charge on any atom is 0.214 e. The van der Waals surface area contributed by atoms with Crippen molar-refractivity contribution >= 4 is 27.2 Å². The van der Waals surface area contributed by atoms with Gasteiger partial charge in [0.2, 0.25) is 10.0 Å². The molecule has 1 aromatic rings. The summed E-state index contributed by atoms with van der Waals surface area (Å²) in [4.78, 5) is 4.41. The molecule has 5 nitrogen and oxygen atoms in total. The Kier molecular flexibility index (Phi) is 4.95. The van der Waals surface area contributed by atoms with Crippen LogP contribution < -0.4 is 5.73 Å². The summed E-state index contributed by atoms with van der Waals surface area (Å²) in [5.74, 6) is 0.126. The summed E-state index contributed by atoms with van der Waals surface area (Å²) in [5, 5.41) is 0. The van der Waals surface area contributed by atoms with E-state index in [9.17, 15) is 8.42 Å². The first-order chi connectivity index (χ1) is 9.83. The molecule has 2 heterocycles. The molecule has 116 valence electrons. The molecular weight excluding hydrogens is 306 g/mol. The second kappa shape index (κ2) is 6.37. The van der Waals surface area contributed by atoms with Crippen LogP contribution in [0.4, 0.5) is 0 Å². The first-order valence-corrected chi connectivity index (χ1v) is 9.02. The van der Waals surface area contributed by atoms with Gasteiger partial charge in [-0.25, -0.2) is 12.7 Å². The molecule has 0 spiro atoms. The summed E-state index contributed by atoms with van der Waals surface area (Å²) in [5.41, 5.74) is 6.52. The number of sulfonamides is 1. The molecule has 0 atom stereocenters. The monoisotopic (exact) mass is 327 g/mol. The maximum atomic E-state index is 12.4. The number of pyridine rings is 1. The Morgan fingerprint density at radius 2 is 1.95 bits per heavy atom. The molecule has 21 heavy (non-hydrogen) atoms. The van der Waals surface area contributed by atoms with Crippen molar-refractivity contribution in [2.24, 2.45) is 11.1 Å². The van der Waals surface area contributed by atoms with E-state index < -0.39 is 10.0 Å². The summed E-state index contributed by atoms with van der Waals surface area (Å²) < 4.78 is 26.3. The molecule has 2 rings (SSSR count). The van der Waals surface area contributed by atoms with Gasteiger partial charge in [0.1, 0.15) is 0 Å². The summed E-state index contributed by atoms with van der Waals surface area (Å²) in [7, 11) is -3.23. The van der Waals surface area contributed by atoms with Crippen molar-refractivity contribution in [1.82, 2.24) is 9.29 Å². The highest BCUT2D eigenvalue weighted by molar-refractivity contribution is 7.89. The van der Waals surface area contributed by atoms with Crippen LogP contribution in [0, 0.1) is 5.41 Å². The highest BCUT2D eigenvalue weighted by Gasteiger charge is 2.36. The fraction of sp³-hybridized carbons (Fsp3) is 0.571. The fourth-order valence-corrected chi connectivity index (χ4v) is 4.12. The number of piperidine rings is 1. The number of hydrogen-bond donors (Lipinski definition) is 1. The SMILES string of the molecule is CC1(C(N)=S)CCN(S(=O)(=O)CCc2ccncc2)CC1. The Bertz CT molecular complexity index is 594. The van der Waals surface area contributed by atoms with Crippen molar-refractivity contribution in [2.45, 2.75) is 26.2 Å². The molecule has 1 aliphatic rings. The van der Waals surface area contributed by atoms with Crippen LogP contribution in [0.15, 0.2) is 24.5 Å². The van der Waals surface area contributed by atoms with Crippen molar-refractivity contribution in [3.63, 3.8) is 0 Å². The van der Waals surface area contributed by atoms with Crippen molar-refractivity contribution in [3.8, 4) is 0 Å². The van der Waals surface area contributed by atoms with Crippen LogP contribution in [-0.2, 0) is 16.4 Å². The van der Waals surface area contributed by atoms with Gasteiger partial charge < -0.3 is 5.73 Å². The topological polar surface area (TPSA) is 76.3 Å². The summed E-state index contributed by atoms with van der Waals surface area (Å²) in [6, 6.07) is 3.69. The Balaban J connectivity index is 1.94. The average molecular weight is 327 g/mol. The Hall–Kier alpha value is -1.05. The number of thiocarbonyl (C=S) groups is 1. The van der Waals surface area contributed by atoms with Crippen LogP contribution in [0.25, 0.3) is 0 Å². The standard InChI is InChI=1S/C14H21N3O2S2/c1-14(13(15)20)5-9-17(10-6-14)21(18,19)11-4-12-2-7-16-8-3-12/h2-3,7-8H,4-6,9-11H2,1H3,(H2,15,20).